The van der Waals surface area contributed by atoms with Crippen molar-refractivity contribution < 1.29 is 0 Å². The third kappa shape index (κ3) is 3.47. The summed E-state index contributed by atoms with van der Waals surface area (Å²) in [7, 11) is 0. The second-order valence-corrected chi connectivity index (χ2v) is 5.97. The molecule has 0 amide bonds. The minimum atomic E-state index is 0.697. The largest absolute Gasteiger partial charge is 0.311 e. The Bertz CT molecular complexity index is 275. The molecular weight excluding hydrogens is 208 g/mol. The molecule has 1 heterocycles. The maximum absolute atomic E-state index is 5.34. The fourth-order valence-electron chi connectivity index (χ4n) is 2.97. The normalized spacial score (nSPS) is 30.5. The molecule has 0 aromatic rings. The van der Waals surface area contributed by atoms with Crippen LogP contribution in [0.1, 0.15) is 39.5 Å². The average Bonchev–Trinajstić information content (AvgIpc) is 3.13. The van der Waals surface area contributed by atoms with Gasteiger partial charge in [-0.05, 0) is 37.6 Å². The Morgan fingerprint density at radius 2 is 2.18 bits per heavy atom. The molecule has 0 aromatic carbocycles. The van der Waals surface area contributed by atoms with Crippen molar-refractivity contribution >= 4 is 0 Å². The summed E-state index contributed by atoms with van der Waals surface area (Å²) in [5.74, 6) is 4.44. The molecule has 17 heavy (non-hydrogen) atoms. The summed E-state index contributed by atoms with van der Waals surface area (Å²) in [5.41, 5.74) is 0. The summed E-state index contributed by atoms with van der Waals surface area (Å²) >= 11 is 0. The quantitative estimate of drug-likeness (QED) is 0.579. The minimum Gasteiger partial charge on any atom is -0.311 e. The maximum atomic E-state index is 5.34. The van der Waals surface area contributed by atoms with Crippen molar-refractivity contribution in [1.82, 2.24) is 10.2 Å². The van der Waals surface area contributed by atoms with E-state index in [0.717, 1.165) is 37.3 Å². The van der Waals surface area contributed by atoms with Crippen molar-refractivity contribution in [2.24, 2.45) is 11.8 Å². The Hall–Kier alpha value is -0.520. The van der Waals surface area contributed by atoms with Gasteiger partial charge < -0.3 is 5.32 Å². The molecule has 2 unspecified atom stereocenters. The van der Waals surface area contributed by atoms with Crippen molar-refractivity contribution in [2.45, 2.75) is 51.6 Å². The Morgan fingerprint density at radius 1 is 1.41 bits per heavy atom. The number of hydrogen-bond acceptors (Lipinski definition) is 2. The number of nitrogens with one attached hydrogen (secondary N) is 1. The van der Waals surface area contributed by atoms with E-state index in [1.165, 1.54) is 25.9 Å². The molecule has 1 N–H and O–H groups in total. The zero-order valence-electron chi connectivity index (χ0n) is 11.3. The van der Waals surface area contributed by atoms with Gasteiger partial charge in [-0.3, -0.25) is 4.90 Å². The molecule has 1 aliphatic heterocycles. The van der Waals surface area contributed by atoms with Crippen LogP contribution in [0, 0.1) is 24.2 Å². The first-order chi connectivity index (χ1) is 8.22. The third-order valence-corrected chi connectivity index (χ3v) is 4.22. The molecule has 0 bridgehead atoms. The molecule has 1 saturated heterocycles. The van der Waals surface area contributed by atoms with Gasteiger partial charge in [0, 0.05) is 31.6 Å². The molecule has 2 rings (SSSR count). The van der Waals surface area contributed by atoms with Gasteiger partial charge in [0.1, 0.15) is 0 Å². The van der Waals surface area contributed by atoms with Crippen molar-refractivity contribution in [3.63, 3.8) is 0 Å². The number of terminal acetylenes is 1. The van der Waals surface area contributed by atoms with E-state index in [1.807, 2.05) is 0 Å². The van der Waals surface area contributed by atoms with Crippen LogP contribution in [0.25, 0.3) is 0 Å². The highest BCUT2D eigenvalue weighted by atomic mass is 15.2. The van der Waals surface area contributed by atoms with Gasteiger partial charge >= 0.3 is 0 Å². The van der Waals surface area contributed by atoms with E-state index < -0.39 is 0 Å². The van der Waals surface area contributed by atoms with Gasteiger partial charge in [0.2, 0.25) is 0 Å². The maximum Gasteiger partial charge on any atom is 0.0244 e. The van der Waals surface area contributed by atoms with Crippen LogP contribution < -0.4 is 5.32 Å². The number of nitrogens with zero attached hydrogens (tertiary/aromatic N) is 1. The summed E-state index contributed by atoms with van der Waals surface area (Å²) in [6.45, 7) is 8.24. The van der Waals surface area contributed by atoms with Crippen LogP contribution >= 0.6 is 0 Å². The van der Waals surface area contributed by atoms with E-state index in [9.17, 15) is 0 Å². The first kappa shape index (κ1) is 12.9. The van der Waals surface area contributed by atoms with Gasteiger partial charge in [-0.1, -0.05) is 13.8 Å². The SMILES string of the molecule is C#CCCCN1CC(C2CC2)NCC1C(C)C. The third-order valence-electron chi connectivity index (χ3n) is 4.22. The highest BCUT2D eigenvalue weighted by Crippen LogP contribution is 2.34. The van der Waals surface area contributed by atoms with Gasteiger partial charge in [0.05, 0.1) is 0 Å². The molecule has 1 aliphatic carbocycles. The van der Waals surface area contributed by atoms with Gasteiger partial charge in [0.25, 0.3) is 0 Å². The van der Waals surface area contributed by atoms with Crippen LogP contribution in [0.4, 0.5) is 0 Å². The van der Waals surface area contributed by atoms with Crippen LogP contribution in [0.2, 0.25) is 0 Å². The molecule has 0 radical (unpaired) electrons. The predicted octanol–water partition coefficient (Wildman–Crippen LogP) is 2.11. The van der Waals surface area contributed by atoms with Crippen molar-refractivity contribution in [1.29, 1.82) is 0 Å². The molecule has 96 valence electrons. The van der Waals surface area contributed by atoms with E-state index in [-0.39, 0.29) is 0 Å². The lowest BCUT2D eigenvalue weighted by atomic mass is 9.96. The molecule has 1 saturated carbocycles. The highest BCUT2D eigenvalue weighted by molar-refractivity contribution is 4.95. The molecule has 0 aromatic heterocycles. The zero-order chi connectivity index (χ0) is 12.3. The van der Waals surface area contributed by atoms with Gasteiger partial charge in [-0.25, -0.2) is 0 Å². The van der Waals surface area contributed by atoms with E-state index in [1.54, 1.807) is 0 Å². The monoisotopic (exact) mass is 234 g/mol. The van der Waals surface area contributed by atoms with Crippen LogP contribution in [-0.2, 0) is 0 Å². The average molecular weight is 234 g/mol. The van der Waals surface area contributed by atoms with Crippen LogP contribution in [0.5, 0.6) is 0 Å². The van der Waals surface area contributed by atoms with Crippen LogP contribution in [0.15, 0.2) is 0 Å². The first-order valence-electron chi connectivity index (χ1n) is 7.13. The standard InChI is InChI=1S/C15H26N2/c1-4-5-6-9-17-11-14(13-7-8-13)16-10-15(17)12(2)3/h1,12-16H,5-11H2,2-3H3. The second-order valence-electron chi connectivity index (χ2n) is 5.97. The van der Waals surface area contributed by atoms with E-state index in [0.29, 0.717) is 6.04 Å². The lowest BCUT2D eigenvalue weighted by Crippen LogP contribution is -2.59. The predicted molar refractivity (Wildman–Crippen MR) is 72.8 cm³/mol. The Kier molecular flexibility index (Phi) is 4.48. The topological polar surface area (TPSA) is 15.3 Å². The summed E-state index contributed by atoms with van der Waals surface area (Å²) < 4.78 is 0. The van der Waals surface area contributed by atoms with Crippen molar-refractivity contribution in [3.05, 3.63) is 0 Å². The van der Waals surface area contributed by atoms with Crippen LogP contribution in [-0.4, -0.2) is 36.6 Å². The first-order valence-corrected chi connectivity index (χ1v) is 7.13. The minimum absolute atomic E-state index is 0.697. The summed E-state index contributed by atoms with van der Waals surface area (Å²) in [5, 5.41) is 3.75. The number of hydrogen-bond donors (Lipinski definition) is 1. The van der Waals surface area contributed by atoms with Crippen LogP contribution in [0.3, 0.4) is 0 Å². The van der Waals surface area contributed by atoms with Crippen molar-refractivity contribution in [2.75, 3.05) is 19.6 Å². The Balaban J connectivity index is 1.87. The van der Waals surface area contributed by atoms with Gasteiger partial charge in [-0.15, -0.1) is 12.3 Å². The molecule has 2 atom stereocenters. The lowest BCUT2D eigenvalue weighted by Gasteiger charge is -2.42. The van der Waals surface area contributed by atoms with E-state index in [4.69, 9.17) is 6.42 Å². The summed E-state index contributed by atoms with van der Waals surface area (Å²) in [6, 6.07) is 1.44. The Morgan fingerprint density at radius 3 is 2.76 bits per heavy atom. The fraction of sp³-hybridized carbons (Fsp3) is 0.867. The van der Waals surface area contributed by atoms with Crippen molar-refractivity contribution in [3.8, 4) is 12.3 Å². The summed E-state index contributed by atoms with van der Waals surface area (Å²) in [6.07, 6.45) is 10.3. The van der Waals surface area contributed by atoms with Gasteiger partial charge in [0.15, 0.2) is 0 Å². The Labute approximate surface area is 106 Å². The molecular formula is C15H26N2. The lowest BCUT2D eigenvalue weighted by molar-refractivity contribution is 0.0915. The smallest absolute Gasteiger partial charge is 0.0244 e. The molecule has 2 fully saturated rings. The highest BCUT2D eigenvalue weighted by Gasteiger charge is 2.37. The van der Waals surface area contributed by atoms with Gasteiger partial charge in [-0.2, -0.15) is 0 Å². The number of unbranched alkanes of at least 4 members (excludes halogenated alkanes) is 1. The second kappa shape index (κ2) is 5.89. The fourth-order valence-corrected chi connectivity index (χ4v) is 2.97. The zero-order valence-corrected chi connectivity index (χ0v) is 11.3. The molecule has 2 aliphatic rings. The van der Waals surface area contributed by atoms with E-state index in [2.05, 4.69) is 30.0 Å². The molecule has 0 spiro atoms. The number of piperazine rings is 1. The van der Waals surface area contributed by atoms with E-state index >= 15 is 0 Å². The number of rotatable bonds is 5. The summed E-state index contributed by atoms with van der Waals surface area (Å²) in [4.78, 5) is 2.68. The molecule has 2 nitrogen and oxygen atoms in total. The molecule has 2 heteroatoms.